The van der Waals surface area contributed by atoms with Gasteiger partial charge in [-0.25, -0.2) is 14.6 Å². The zero-order valence-corrected chi connectivity index (χ0v) is 11.2. The van der Waals surface area contributed by atoms with E-state index in [-0.39, 0.29) is 12.3 Å². The first-order valence-electron chi connectivity index (χ1n) is 5.75. The van der Waals surface area contributed by atoms with E-state index in [1.165, 1.54) is 16.8 Å². The molecule has 1 amide bonds. The molecule has 1 aromatic carbocycles. The van der Waals surface area contributed by atoms with Gasteiger partial charge in [0.25, 0.3) is 0 Å². The van der Waals surface area contributed by atoms with Crippen LogP contribution in [0.2, 0.25) is 0 Å². The molecule has 2 aromatic rings. The molecule has 7 heteroatoms. The zero-order chi connectivity index (χ0) is 14.4. The van der Waals surface area contributed by atoms with Crippen molar-refractivity contribution in [2.24, 2.45) is 0 Å². The van der Waals surface area contributed by atoms with Gasteiger partial charge in [-0.1, -0.05) is 30.3 Å². The van der Waals surface area contributed by atoms with Crippen LogP contribution in [-0.2, 0) is 16.1 Å². The lowest BCUT2D eigenvalue weighted by atomic mass is 10.2. The molecular formula is C13H12N2O4S. The molecule has 2 rings (SSSR count). The molecule has 0 spiro atoms. The second-order valence-corrected chi connectivity index (χ2v) is 4.61. The third kappa shape index (κ3) is 3.79. The van der Waals surface area contributed by atoms with E-state index >= 15 is 0 Å². The fraction of sp³-hybridized carbons (Fsp3) is 0.154. The lowest BCUT2D eigenvalue weighted by Gasteiger charge is -2.12. The summed E-state index contributed by atoms with van der Waals surface area (Å²) in [6.07, 6.45) is -0.797. The van der Waals surface area contributed by atoms with Crippen LogP contribution >= 0.6 is 11.3 Å². The van der Waals surface area contributed by atoms with E-state index in [2.05, 4.69) is 10.3 Å². The summed E-state index contributed by atoms with van der Waals surface area (Å²) in [6, 6.07) is 7.92. The van der Waals surface area contributed by atoms with Crippen molar-refractivity contribution in [1.29, 1.82) is 0 Å². The van der Waals surface area contributed by atoms with Crippen molar-refractivity contribution in [1.82, 2.24) is 10.3 Å². The molecule has 0 radical (unpaired) electrons. The minimum absolute atomic E-state index is 0.0794. The number of nitrogens with one attached hydrogen (secondary N) is 1. The summed E-state index contributed by atoms with van der Waals surface area (Å²) < 4.78 is 4.97. The highest BCUT2D eigenvalue weighted by molar-refractivity contribution is 7.07. The molecule has 6 nitrogen and oxygen atoms in total. The van der Waals surface area contributed by atoms with E-state index in [1.807, 2.05) is 30.3 Å². The number of carbonyl (C=O) groups is 2. The Bertz CT molecular complexity index is 571. The van der Waals surface area contributed by atoms with E-state index in [4.69, 9.17) is 9.84 Å². The number of carbonyl (C=O) groups excluding carboxylic acids is 1. The molecule has 1 unspecified atom stereocenters. The smallest absolute Gasteiger partial charge is 0.408 e. The van der Waals surface area contributed by atoms with E-state index in [0.717, 1.165) is 5.56 Å². The van der Waals surface area contributed by atoms with Crippen molar-refractivity contribution in [3.63, 3.8) is 0 Å². The monoisotopic (exact) mass is 292 g/mol. The topological polar surface area (TPSA) is 88.5 Å². The highest BCUT2D eigenvalue weighted by Gasteiger charge is 2.24. The Morgan fingerprint density at radius 3 is 2.70 bits per heavy atom. The summed E-state index contributed by atoms with van der Waals surface area (Å²) in [7, 11) is 0. The van der Waals surface area contributed by atoms with Gasteiger partial charge in [0.1, 0.15) is 6.61 Å². The molecule has 1 heterocycles. The minimum atomic E-state index is -1.20. The van der Waals surface area contributed by atoms with Crippen LogP contribution in [0.15, 0.2) is 41.2 Å². The summed E-state index contributed by atoms with van der Waals surface area (Å²) in [5, 5.41) is 12.9. The van der Waals surface area contributed by atoms with E-state index in [0.29, 0.717) is 0 Å². The Hall–Kier alpha value is -2.41. The molecule has 104 valence electrons. The van der Waals surface area contributed by atoms with Crippen LogP contribution in [0.4, 0.5) is 4.79 Å². The van der Waals surface area contributed by atoms with Gasteiger partial charge in [0.15, 0.2) is 6.04 Å². The maximum atomic E-state index is 11.6. The van der Waals surface area contributed by atoms with Crippen LogP contribution in [0.5, 0.6) is 0 Å². The number of thiazole rings is 1. The van der Waals surface area contributed by atoms with Gasteiger partial charge in [-0.15, -0.1) is 11.3 Å². The maximum Gasteiger partial charge on any atom is 0.408 e. The molecule has 0 aliphatic carbocycles. The quantitative estimate of drug-likeness (QED) is 0.882. The lowest BCUT2D eigenvalue weighted by Crippen LogP contribution is -2.34. The van der Waals surface area contributed by atoms with E-state index in [1.54, 1.807) is 5.38 Å². The standard InChI is InChI=1S/C13H12N2O4S/c16-12(17)11(10-7-20-8-14-10)15-13(18)19-6-9-4-2-1-3-5-9/h1-5,7-8,11H,6H2,(H,15,18)(H,16,17). The third-order valence-electron chi connectivity index (χ3n) is 2.47. The van der Waals surface area contributed by atoms with Gasteiger partial charge in [-0.05, 0) is 5.56 Å². The van der Waals surface area contributed by atoms with Crippen LogP contribution in [0, 0.1) is 0 Å². The number of hydrogen-bond donors (Lipinski definition) is 2. The first-order valence-corrected chi connectivity index (χ1v) is 6.69. The number of aromatic nitrogens is 1. The summed E-state index contributed by atoms with van der Waals surface area (Å²) >= 11 is 1.26. The molecule has 0 saturated heterocycles. The maximum absolute atomic E-state index is 11.6. The fourth-order valence-corrected chi connectivity index (χ4v) is 2.09. The molecule has 0 aliphatic heterocycles. The summed E-state index contributed by atoms with van der Waals surface area (Å²) in [5.41, 5.74) is 2.60. The number of nitrogens with zero attached hydrogens (tertiary/aromatic N) is 1. The molecule has 1 aromatic heterocycles. The first kappa shape index (κ1) is 14.0. The molecule has 0 saturated carbocycles. The number of alkyl carbamates (subject to hydrolysis) is 1. The Balaban J connectivity index is 1.91. The Morgan fingerprint density at radius 2 is 2.10 bits per heavy atom. The molecule has 1 atom stereocenters. The molecule has 0 bridgehead atoms. The zero-order valence-electron chi connectivity index (χ0n) is 10.4. The normalized spacial score (nSPS) is 11.6. The summed E-state index contributed by atoms with van der Waals surface area (Å²) in [6.45, 7) is 0.0794. The van der Waals surface area contributed by atoms with Crippen molar-refractivity contribution in [3.8, 4) is 0 Å². The molecule has 0 fully saturated rings. The van der Waals surface area contributed by atoms with Gasteiger partial charge in [-0.2, -0.15) is 0 Å². The van der Waals surface area contributed by atoms with Gasteiger partial charge in [0, 0.05) is 5.38 Å². The second kappa shape index (κ2) is 6.67. The molecule has 2 N–H and O–H groups in total. The highest BCUT2D eigenvalue weighted by Crippen LogP contribution is 2.13. The van der Waals surface area contributed by atoms with Crippen molar-refractivity contribution in [2.45, 2.75) is 12.6 Å². The molecular weight excluding hydrogens is 280 g/mol. The molecule has 20 heavy (non-hydrogen) atoms. The predicted octanol–water partition coefficient (Wildman–Crippen LogP) is 2.20. The van der Waals surface area contributed by atoms with Crippen molar-refractivity contribution >= 4 is 23.4 Å². The van der Waals surface area contributed by atoms with Crippen LogP contribution in [-0.4, -0.2) is 22.2 Å². The van der Waals surface area contributed by atoms with Crippen molar-refractivity contribution in [3.05, 3.63) is 52.5 Å². The minimum Gasteiger partial charge on any atom is -0.479 e. The number of carboxylic acids is 1. The van der Waals surface area contributed by atoms with Crippen LogP contribution in [0.1, 0.15) is 17.3 Å². The van der Waals surface area contributed by atoms with Gasteiger partial charge >= 0.3 is 12.1 Å². The Morgan fingerprint density at radius 1 is 1.35 bits per heavy atom. The van der Waals surface area contributed by atoms with Crippen molar-refractivity contribution in [2.75, 3.05) is 0 Å². The number of aliphatic carboxylic acids is 1. The number of amides is 1. The molecule has 0 aliphatic rings. The Kier molecular flexibility index (Phi) is 4.67. The van der Waals surface area contributed by atoms with Gasteiger partial charge in [0.05, 0.1) is 11.2 Å². The average molecular weight is 292 g/mol. The second-order valence-electron chi connectivity index (χ2n) is 3.89. The van der Waals surface area contributed by atoms with Crippen LogP contribution in [0.25, 0.3) is 0 Å². The summed E-state index contributed by atoms with van der Waals surface area (Å²) in [4.78, 5) is 26.6. The number of rotatable bonds is 5. The predicted molar refractivity (Wildman–Crippen MR) is 72.3 cm³/mol. The fourth-order valence-electron chi connectivity index (χ4n) is 1.51. The van der Waals surface area contributed by atoms with Gasteiger partial charge < -0.3 is 15.2 Å². The number of carboxylic acid groups (broad SMARTS) is 1. The van der Waals surface area contributed by atoms with Crippen LogP contribution < -0.4 is 5.32 Å². The average Bonchev–Trinajstić information content (AvgIpc) is 2.97. The third-order valence-corrected chi connectivity index (χ3v) is 3.07. The highest BCUT2D eigenvalue weighted by atomic mass is 32.1. The Labute approximate surface area is 119 Å². The number of benzene rings is 1. The first-order chi connectivity index (χ1) is 9.66. The SMILES string of the molecule is O=C(NC(C(=O)O)c1cscn1)OCc1ccccc1. The lowest BCUT2D eigenvalue weighted by molar-refractivity contribution is -0.139. The van der Waals surface area contributed by atoms with Crippen molar-refractivity contribution < 1.29 is 19.4 Å². The van der Waals surface area contributed by atoms with Gasteiger partial charge in [0.2, 0.25) is 0 Å². The summed E-state index contributed by atoms with van der Waals surface area (Å²) in [5.74, 6) is -1.19. The largest absolute Gasteiger partial charge is 0.479 e. The number of ether oxygens (including phenoxy) is 1. The number of hydrogen-bond acceptors (Lipinski definition) is 5. The van der Waals surface area contributed by atoms with E-state index in [9.17, 15) is 9.59 Å². The van der Waals surface area contributed by atoms with Crippen LogP contribution in [0.3, 0.4) is 0 Å². The van der Waals surface area contributed by atoms with E-state index < -0.39 is 18.1 Å². The van der Waals surface area contributed by atoms with Gasteiger partial charge in [-0.3, -0.25) is 0 Å².